The summed E-state index contributed by atoms with van der Waals surface area (Å²) in [7, 11) is 2.25. The molecule has 1 N–H and O–H groups in total. The monoisotopic (exact) mass is 200 g/mol. The summed E-state index contributed by atoms with van der Waals surface area (Å²) in [6.45, 7) is 13.5. The van der Waals surface area contributed by atoms with Crippen LogP contribution < -0.4 is 5.32 Å². The lowest BCUT2D eigenvalue weighted by Crippen LogP contribution is -2.50. The van der Waals surface area contributed by atoms with Crippen LogP contribution in [0.2, 0.25) is 0 Å². The smallest absolute Gasteiger partial charge is 0.0220 e. The molecule has 0 amide bonds. The van der Waals surface area contributed by atoms with Crippen molar-refractivity contribution in [1.82, 2.24) is 10.2 Å². The van der Waals surface area contributed by atoms with E-state index in [2.05, 4.69) is 51.9 Å². The third-order valence-corrected chi connectivity index (χ3v) is 3.47. The second-order valence-corrected chi connectivity index (χ2v) is 4.65. The number of hydrogen-bond donors (Lipinski definition) is 1. The minimum absolute atomic E-state index is 0.316. The van der Waals surface area contributed by atoms with Crippen molar-refractivity contribution in [2.45, 2.75) is 59.0 Å². The van der Waals surface area contributed by atoms with E-state index in [1.165, 1.54) is 12.8 Å². The van der Waals surface area contributed by atoms with Crippen molar-refractivity contribution < 1.29 is 0 Å². The number of hydrogen-bond acceptors (Lipinski definition) is 2. The molecule has 0 aliphatic rings. The Bertz CT molecular complexity index is 143. The van der Waals surface area contributed by atoms with E-state index in [1.54, 1.807) is 0 Å². The highest BCUT2D eigenvalue weighted by molar-refractivity contribution is 4.83. The average Bonchev–Trinajstić information content (AvgIpc) is 2.18. The maximum absolute atomic E-state index is 3.43. The van der Waals surface area contributed by atoms with Crippen molar-refractivity contribution in [3.8, 4) is 0 Å². The molecule has 0 aromatic carbocycles. The molecule has 0 radical (unpaired) electrons. The summed E-state index contributed by atoms with van der Waals surface area (Å²) in [4.78, 5) is 2.51. The van der Waals surface area contributed by atoms with Gasteiger partial charge in [-0.15, -0.1) is 0 Å². The first-order valence-corrected chi connectivity index (χ1v) is 5.93. The summed E-state index contributed by atoms with van der Waals surface area (Å²) in [6, 6.07) is 0.657. The summed E-state index contributed by atoms with van der Waals surface area (Å²) < 4.78 is 0. The van der Waals surface area contributed by atoms with Crippen molar-refractivity contribution in [2.24, 2.45) is 0 Å². The Labute approximate surface area is 90.1 Å². The summed E-state index contributed by atoms with van der Waals surface area (Å²) in [6.07, 6.45) is 2.42. The van der Waals surface area contributed by atoms with Gasteiger partial charge in [-0.3, -0.25) is 4.90 Å². The Morgan fingerprint density at radius 2 is 1.79 bits per heavy atom. The Hall–Kier alpha value is -0.0800. The lowest BCUT2D eigenvalue weighted by Gasteiger charge is -2.40. The second kappa shape index (κ2) is 6.41. The Morgan fingerprint density at radius 1 is 1.21 bits per heavy atom. The molecule has 86 valence electrons. The fourth-order valence-electron chi connectivity index (χ4n) is 1.61. The van der Waals surface area contributed by atoms with E-state index in [4.69, 9.17) is 0 Å². The third kappa shape index (κ3) is 3.97. The van der Waals surface area contributed by atoms with E-state index in [1.807, 2.05) is 0 Å². The predicted octanol–water partition coefficient (Wildman–Crippen LogP) is 2.49. The molecule has 2 heteroatoms. The van der Waals surface area contributed by atoms with Crippen LogP contribution in [-0.4, -0.2) is 36.6 Å². The molecule has 0 spiro atoms. The maximum atomic E-state index is 3.43. The van der Waals surface area contributed by atoms with E-state index >= 15 is 0 Å². The molecule has 0 aliphatic heterocycles. The van der Waals surface area contributed by atoms with Gasteiger partial charge in [-0.1, -0.05) is 20.8 Å². The lowest BCUT2D eigenvalue weighted by atomic mass is 9.97. The third-order valence-electron chi connectivity index (χ3n) is 3.47. The zero-order chi connectivity index (χ0) is 11.2. The van der Waals surface area contributed by atoms with Crippen LogP contribution in [0, 0.1) is 0 Å². The number of rotatable bonds is 7. The van der Waals surface area contributed by atoms with Crippen LogP contribution in [0.4, 0.5) is 0 Å². The predicted molar refractivity (Wildman–Crippen MR) is 64.8 cm³/mol. The largest absolute Gasteiger partial charge is 0.315 e. The van der Waals surface area contributed by atoms with Gasteiger partial charge in [0, 0.05) is 18.1 Å². The van der Waals surface area contributed by atoms with Gasteiger partial charge in [-0.05, 0) is 40.3 Å². The molecule has 1 atom stereocenters. The molecule has 0 aromatic heterocycles. The van der Waals surface area contributed by atoms with E-state index < -0.39 is 0 Å². The van der Waals surface area contributed by atoms with Crippen molar-refractivity contribution in [3.63, 3.8) is 0 Å². The van der Waals surface area contributed by atoms with Crippen LogP contribution in [0.25, 0.3) is 0 Å². The maximum Gasteiger partial charge on any atom is 0.0220 e. The standard InChI is InChI=1S/C12H28N2/c1-7-11(10-13-9-3)14(6)12(4,5)8-2/h11,13H,7-10H2,1-6H3. The van der Waals surface area contributed by atoms with Crippen molar-refractivity contribution >= 4 is 0 Å². The Morgan fingerprint density at radius 3 is 2.14 bits per heavy atom. The van der Waals surface area contributed by atoms with Gasteiger partial charge in [-0.25, -0.2) is 0 Å². The first-order chi connectivity index (χ1) is 6.49. The highest BCUT2D eigenvalue weighted by Crippen LogP contribution is 2.20. The summed E-state index contributed by atoms with van der Waals surface area (Å²) >= 11 is 0. The van der Waals surface area contributed by atoms with Gasteiger partial charge in [0.05, 0.1) is 0 Å². The number of nitrogens with one attached hydrogen (secondary N) is 1. The molecule has 0 rings (SSSR count). The molecule has 0 fully saturated rings. The zero-order valence-corrected chi connectivity index (χ0v) is 10.9. The molecule has 0 heterocycles. The fraction of sp³-hybridized carbons (Fsp3) is 1.00. The van der Waals surface area contributed by atoms with E-state index in [0.29, 0.717) is 11.6 Å². The van der Waals surface area contributed by atoms with Gasteiger partial charge in [0.1, 0.15) is 0 Å². The highest BCUT2D eigenvalue weighted by atomic mass is 15.2. The van der Waals surface area contributed by atoms with Crippen molar-refractivity contribution in [1.29, 1.82) is 0 Å². The molecule has 14 heavy (non-hydrogen) atoms. The number of likely N-dealkylation sites (N-methyl/N-ethyl adjacent to an activating group) is 2. The van der Waals surface area contributed by atoms with Crippen molar-refractivity contribution in [3.05, 3.63) is 0 Å². The Kier molecular flexibility index (Phi) is 6.38. The van der Waals surface area contributed by atoms with Gasteiger partial charge in [0.25, 0.3) is 0 Å². The van der Waals surface area contributed by atoms with Gasteiger partial charge >= 0.3 is 0 Å². The van der Waals surface area contributed by atoms with Gasteiger partial charge in [0.2, 0.25) is 0 Å². The molecule has 0 saturated heterocycles. The SMILES string of the molecule is CCNCC(CC)N(C)C(C)(C)CC. The van der Waals surface area contributed by atoms with E-state index in [0.717, 1.165) is 13.1 Å². The lowest BCUT2D eigenvalue weighted by molar-refractivity contribution is 0.0937. The number of nitrogens with zero attached hydrogens (tertiary/aromatic N) is 1. The molecular weight excluding hydrogens is 172 g/mol. The molecule has 1 unspecified atom stereocenters. The molecule has 0 aliphatic carbocycles. The fourth-order valence-corrected chi connectivity index (χ4v) is 1.61. The Balaban J connectivity index is 4.22. The summed E-state index contributed by atoms with van der Waals surface area (Å²) in [5, 5.41) is 3.43. The van der Waals surface area contributed by atoms with Crippen LogP contribution in [0.15, 0.2) is 0 Å². The molecule has 0 bridgehead atoms. The van der Waals surface area contributed by atoms with Crippen LogP contribution in [-0.2, 0) is 0 Å². The normalized spacial score (nSPS) is 14.8. The van der Waals surface area contributed by atoms with E-state index in [9.17, 15) is 0 Å². The van der Waals surface area contributed by atoms with Gasteiger partial charge in [-0.2, -0.15) is 0 Å². The quantitative estimate of drug-likeness (QED) is 0.679. The van der Waals surface area contributed by atoms with Gasteiger partial charge in [0.15, 0.2) is 0 Å². The van der Waals surface area contributed by atoms with Crippen molar-refractivity contribution in [2.75, 3.05) is 20.1 Å². The second-order valence-electron chi connectivity index (χ2n) is 4.65. The topological polar surface area (TPSA) is 15.3 Å². The van der Waals surface area contributed by atoms with Crippen LogP contribution in [0.3, 0.4) is 0 Å². The molecule has 0 aromatic rings. The highest BCUT2D eigenvalue weighted by Gasteiger charge is 2.26. The van der Waals surface area contributed by atoms with E-state index in [-0.39, 0.29) is 0 Å². The average molecular weight is 200 g/mol. The van der Waals surface area contributed by atoms with Crippen LogP contribution in [0.1, 0.15) is 47.5 Å². The minimum Gasteiger partial charge on any atom is -0.315 e. The first kappa shape index (κ1) is 13.9. The zero-order valence-electron chi connectivity index (χ0n) is 10.9. The molecule has 0 saturated carbocycles. The van der Waals surface area contributed by atoms with Crippen LogP contribution in [0.5, 0.6) is 0 Å². The molecule has 2 nitrogen and oxygen atoms in total. The van der Waals surface area contributed by atoms with Gasteiger partial charge < -0.3 is 5.32 Å². The van der Waals surface area contributed by atoms with Crippen LogP contribution >= 0.6 is 0 Å². The first-order valence-electron chi connectivity index (χ1n) is 5.93. The summed E-state index contributed by atoms with van der Waals surface area (Å²) in [5.74, 6) is 0. The summed E-state index contributed by atoms with van der Waals surface area (Å²) in [5.41, 5.74) is 0.316. The minimum atomic E-state index is 0.316. The molecular formula is C12H28N2.